The molecule has 3 heterocycles. The highest BCUT2D eigenvalue weighted by Crippen LogP contribution is 2.38. The fraction of sp³-hybridized carbons (Fsp3) is 0.300. The molecule has 1 aliphatic heterocycles. The number of halogens is 3. The minimum Gasteiger partial charge on any atom is -0.378 e. The highest BCUT2D eigenvalue weighted by atomic mass is 19.4. The van der Waals surface area contributed by atoms with Gasteiger partial charge in [-0.15, -0.1) is 0 Å². The molecule has 152 valence electrons. The van der Waals surface area contributed by atoms with E-state index in [1.165, 1.54) is 18.3 Å². The number of hydrogen-bond acceptors (Lipinski definition) is 4. The van der Waals surface area contributed by atoms with Crippen LogP contribution in [0, 0.1) is 6.92 Å². The van der Waals surface area contributed by atoms with Crippen molar-refractivity contribution in [2.75, 3.05) is 36.5 Å². The van der Waals surface area contributed by atoms with Crippen LogP contribution in [0.25, 0.3) is 5.65 Å². The Morgan fingerprint density at radius 2 is 1.93 bits per heavy atom. The molecule has 9 heteroatoms. The lowest BCUT2D eigenvalue weighted by molar-refractivity contribution is -0.137. The third-order valence-corrected chi connectivity index (χ3v) is 4.76. The largest absolute Gasteiger partial charge is 0.418 e. The fourth-order valence-corrected chi connectivity index (χ4v) is 3.31. The molecule has 2 aromatic heterocycles. The molecule has 1 fully saturated rings. The van der Waals surface area contributed by atoms with Crippen LogP contribution < -0.4 is 10.2 Å². The minimum absolute atomic E-state index is 0.0626. The van der Waals surface area contributed by atoms with Gasteiger partial charge in [0.05, 0.1) is 18.8 Å². The number of fused-ring (bicyclic) bond motifs is 1. The number of aryl methyl sites for hydroxylation is 1. The molecule has 0 aliphatic carbocycles. The van der Waals surface area contributed by atoms with Gasteiger partial charge >= 0.3 is 6.18 Å². The molecule has 0 radical (unpaired) electrons. The Bertz CT molecular complexity index is 1060. The number of morpholine rings is 1. The first-order chi connectivity index (χ1) is 13.8. The van der Waals surface area contributed by atoms with E-state index in [-0.39, 0.29) is 17.1 Å². The van der Waals surface area contributed by atoms with Gasteiger partial charge in [-0.3, -0.25) is 4.79 Å². The third-order valence-electron chi connectivity index (χ3n) is 4.76. The van der Waals surface area contributed by atoms with E-state index in [4.69, 9.17) is 4.74 Å². The number of alkyl halides is 3. The monoisotopic (exact) mass is 404 g/mol. The number of ether oxygens (including phenoxy) is 1. The predicted molar refractivity (Wildman–Crippen MR) is 102 cm³/mol. The van der Waals surface area contributed by atoms with Crippen molar-refractivity contribution in [1.82, 2.24) is 9.38 Å². The number of anilines is 2. The number of amides is 1. The topological polar surface area (TPSA) is 58.9 Å². The van der Waals surface area contributed by atoms with Crippen LogP contribution in [0.5, 0.6) is 0 Å². The van der Waals surface area contributed by atoms with Gasteiger partial charge in [-0.05, 0) is 42.8 Å². The van der Waals surface area contributed by atoms with Crippen molar-refractivity contribution in [2.24, 2.45) is 0 Å². The second-order valence-electron chi connectivity index (χ2n) is 6.88. The average Bonchev–Trinajstić information content (AvgIpc) is 3.11. The van der Waals surface area contributed by atoms with Crippen molar-refractivity contribution < 1.29 is 22.7 Å². The molecule has 0 bridgehead atoms. The Kier molecular flexibility index (Phi) is 4.91. The second kappa shape index (κ2) is 7.40. The Morgan fingerprint density at radius 3 is 2.66 bits per heavy atom. The van der Waals surface area contributed by atoms with Gasteiger partial charge in [-0.2, -0.15) is 13.2 Å². The summed E-state index contributed by atoms with van der Waals surface area (Å²) in [6.45, 7) is 3.43. The van der Waals surface area contributed by atoms with Gasteiger partial charge in [0.2, 0.25) is 0 Å². The highest BCUT2D eigenvalue weighted by Gasteiger charge is 2.35. The van der Waals surface area contributed by atoms with E-state index < -0.39 is 17.6 Å². The number of imidazole rings is 1. The standard InChI is InChI=1S/C20H19F3N4O2/c1-13-4-5-27-12-16(25-18(27)10-13)19(28)24-14-2-3-17(15(11-14)20(21,22)23)26-6-8-29-9-7-26/h2-5,10-12H,6-9H2,1H3,(H,24,28). The van der Waals surface area contributed by atoms with Crippen LogP contribution in [0.4, 0.5) is 24.5 Å². The van der Waals surface area contributed by atoms with Gasteiger partial charge in [-0.25, -0.2) is 4.98 Å². The smallest absolute Gasteiger partial charge is 0.378 e. The van der Waals surface area contributed by atoms with Crippen molar-refractivity contribution in [2.45, 2.75) is 13.1 Å². The Balaban J connectivity index is 1.61. The number of pyridine rings is 1. The van der Waals surface area contributed by atoms with Crippen LogP contribution in [0.3, 0.4) is 0 Å². The van der Waals surface area contributed by atoms with E-state index >= 15 is 0 Å². The first-order valence-electron chi connectivity index (χ1n) is 9.12. The molecular formula is C20H19F3N4O2. The Morgan fingerprint density at radius 1 is 1.17 bits per heavy atom. The number of carbonyl (C=O) groups excluding carboxylic acids is 1. The van der Waals surface area contributed by atoms with Crippen molar-refractivity contribution in [3.63, 3.8) is 0 Å². The van der Waals surface area contributed by atoms with E-state index in [2.05, 4.69) is 10.3 Å². The lowest BCUT2D eigenvalue weighted by Crippen LogP contribution is -2.37. The first-order valence-corrected chi connectivity index (χ1v) is 9.12. The van der Waals surface area contributed by atoms with E-state index in [0.717, 1.165) is 11.6 Å². The summed E-state index contributed by atoms with van der Waals surface area (Å²) in [6, 6.07) is 7.50. The summed E-state index contributed by atoms with van der Waals surface area (Å²) < 4.78 is 47.8. The number of nitrogens with one attached hydrogen (secondary N) is 1. The zero-order valence-corrected chi connectivity index (χ0v) is 15.7. The van der Waals surface area contributed by atoms with Gasteiger partial charge in [0.15, 0.2) is 0 Å². The Hall–Kier alpha value is -3.07. The molecule has 1 aliphatic rings. The van der Waals surface area contributed by atoms with Crippen molar-refractivity contribution in [3.05, 3.63) is 59.5 Å². The lowest BCUT2D eigenvalue weighted by Gasteiger charge is -2.31. The van der Waals surface area contributed by atoms with Crippen LogP contribution in [-0.4, -0.2) is 41.6 Å². The maximum Gasteiger partial charge on any atom is 0.418 e. The quantitative estimate of drug-likeness (QED) is 0.722. The minimum atomic E-state index is -4.55. The van der Waals surface area contributed by atoms with E-state index in [1.807, 2.05) is 19.1 Å². The molecule has 0 unspecified atom stereocenters. The molecule has 0 atom stereocenters. The summed E-state index contributed by atoms with van der Waals surface area (Å²) in [5.74, 6) is -0.571. The molecular weight excluding hydrogens is 385 g/mol. The van der Waals surface area contributed by atoms with Crippen molar-refractivity contribution in [3.8, 4) is 0 Å². The zero-order chi connectivity index (χ0) is 20.6. The predicted octanol–water partition coefficient (Wildman–Crippen LogP) is 3.75. The van der Waals surface area contributed by atoms with Crippen LogP contribution >= 0.6 is 0 Å². The van der Waals surface area contributed by atoms with Gasteiger partial charge < -0.3 is 19.4 Å². The molecule has 1 N–H and O–H groups in total. The fourth-order valence-electron chi connectivity index (χ4n) is 3.31. The summed E-state index contributed by atoms with van der Waals surface area (Å²) in [5, 5.41) is 2.52. The normalized spacial score (nSPS) is 15.0. The van der Waals surface area contributed by atoms with Gasteiger partial charge in [0.1, 0.15) is 11.3 Å². The summed E-state index contributed by atoms with van der Waals surface area (Å²) in [4.78, 5) is 18.4. The summed E-state index contributed by atoms with van der Waals surface area (Å²) in [6.07, 6.45) is -1.24. The van der Waals surface area contributed by atoms with Crippen LogP contribution in [0.1, 0.15) is 21.6 Å². The Labute approximate surface area is 164 Å². The first kappa shape index (κ1) is 19.3. The van der Waals surface area contributed by atoms with E-state index in [1.54, 1.807) is 15.5 Å². The van der Waals surface area contributed by atoms with Gasteiger partial charge in [0.25, 0.3) is 5.91 Å². The van der Waals surface area contributed by atoms with Crippen LogP contribution in [0.2, 0.25) is 0 Å². The number of hydrogen-bond donors (Lipinski definition) is 1. The molecule has 29 heavy (non-hydrogen) atoms. The molecule has 6 nitrogen and oxygen atoms in total. The number of nitrogens with zero attached hydrogens (tertiary/aromatic N) is 3. The second-order valence-corrected chi connectivity index (χ2v) is 6.88. The molecule has 1 amide bonds. The summed E-state index contributed by atoms with van der Waals surface area (Å²) in [7, 11) is 0. The summed E-state index contributed by atoms with van der Waals surface area (Å²) in [5.41, 5.74) is 1.07. The summed E-state index contributed by atoms with van der Waals surface area (Å²) >= 11 is 0. The average molecular weight is 404 g/mol. The maximum atomic E-state index is 13.6. The van der Waals surface area contributed by atoms with Crippen molar-refractivity contribution >= 4 is 22.9 Å². The third kappa shape index (κ3) is 4.04. The molecule has 1 aromatic carbocycles. The molecule has 4 rings (SSSR count). The van der Waals surface area contributed by atoms with E-state index in [0.29, 0.717) is 32.0 Å². The zero-order valence-electron chi connectivity index (χ0n) is 15.7. The number of aromatic nitrogens is 2. The van der Waals surface area contributed by atoms with Gasteiger partial charge in [0, 0.05) is 36.9 Å². The highest BCUT2D eigenvalue weighted by molar-refractivity contribution is 6.03. The maximum absolute atomic E-state index is 13.6. The lowest BCUT2D eigenvalue weighted by atomic mass is 10.1. The molecule has 3 aromatic rings. The number of carbonyl (C=O) groups is 1. The van der Waals surface area contributed by atoms with Crippen molar-refractivity contribution in [1.29, 1.82) is 0 Å². The van der Waals surface area contributed by atoms with Crippen LogP contribution in [-0.2, 0) is 10.9 Å². The van der Waals surface area contributed by atoms with Crippen LogP contribution in [0.15, 0.2) is 42.7 Å². The molecule has 1 saturated heterocycles. The SMILES string of the molecule is Cc1ccn2cc(C(=O)Nc3ccc(N4CCOCC4)c(C(F)(F)F)c3)nc2c1. The number of rotatable bonds is 3. The van der Waals surface area contributed by atoms with Gasteiger partial charge in [-0.1, -0.05) is 0 Å². The number of benzene rings is 1. The molecule has 0 spiro atoms. The molecule has 0 saturated carbocycles. The van der Waals surface area contributed by atoms with E-state index in [9.17, 15) is 18.0 Å².